The number of carbonyl (C=O) groups is 1. The van der Waals surface area contributed by atoms with Gasteiger partial charge in [-0.05, 0) is 68.4 Å². The molecule has 1 fully saturated rings. The Labute approximate surface area is 257 Å². The molecule has 0 spiro atoms. The number of phenols is 1. The minimum absolute atomic E-state index is 0.101. The number of phenolic OH excluding ortho intramolecular Hbond substituents is 1. The van der Waals surface area contributed by atoms with Crippen LogP contribution in [0.1, 0.15) is 82.1 Å². The lowest BCUT2D eigenvalue weighted by Gasteiger charge is -2.32. The number of benzene rings is 1. The number of hydrogen-bond donors (Lipinski definition) is 3. The molecule has 1 aliphatic heterocycles. The maximum atomic E-state index is 11.6. The first-order chi connectivity index (χ1) is 21.2. The molecule has 3 aromatic heterocycles. The average molecular weight is 606 g/mol. The Bertz CT molecular complexity index is 1560. The third-order valence-corrected chi connectivity index (χ3v) is 8.55. The minimum Gasteiger partial charge on any atom is -0.507 e. The van der Waals surface area contributed by atoms with Gasteiger partial charge in [0.2, 0.25) is 0 Å². The molecule has 236 valence electrons. The number of aromatic nitrogens is 5. The van der Waals surface area contributed by atoms with Gasteiger partial charge in [-0.1, -0.05) is 45.2 Å². The van der Waals surface area contributed by atoms with Crippen LogP contribution >= 0.6 is 0 Å². The summed E-state index contributed by atoms with van der Waals surface area (Å²) in [4.78, 5) is 14.1. The molecule has 0 saturated carbocycles. The van der Waals surface area contributed by atoms with Crippen LogP contribution in [0.4, 0.5) is 5.82 Å². The zero-order chi connectivity index (χ0) is 31.2. The number of ether oxygens (including phenoxy) is 1. The molecule has 4 heterocycles. The monoisotopic (exact) mass is 605 g/mol. The van der Waals surface area contributed by atoms with Crippen LogP contribution in [0.2, 0.25) is 0 Å². The van der Waals surface area contributed by atoms with E-state index in [2.05, 4.69) is 25.4 Å². The molecule has 4 aromatic rings. The van der Waals surface area contributed by atoms with E-state index in [-0.39, 0.29) is 17.7 Å². The predicted octanol–water partition coefficient (Wildman–Crippen LogP) is 5.57. The number of aliphatic carboxylic acids is 1. The van der Waals surface area contributed by atoms with Gasteiger partial charge in [0.15, 0.2) is 17.1 Å². The highest BCUT2D eigenvalue weighted by atomic mass is 16.5. The first-order valence-corrected chi connectivity index (χ1v) is 15.6. The van der Waals surface area contributed by atoms with Crippen molar-refractivity contribution in [3.8, 4) is 22.9 Å². The maximum Gasteiger partial charge on any atom is 0.314 e. The van der Waals surface area contributed by atoms with Crippen LogP contribution in [0.3, 0.4) is 0 Å². The molecule has 0 bridgehead atoms. The Morgan fingerprint density at radius 2 is 1.84 bits per heavy atom. The Morgan fingerprint density at radius 1 is 1.11 bits per heavy atom. The third-order valence-electron chi connectivity index (χ3n) is 8.55. The van der Waals surface area contributed by atoms with E-state index in [0.717, 1.165) is 70.1 Å². The van der Waals surface area contributed by atoms with Gasteiger partial charge in [-0.3, -0.25) is 9.48 Å². The van der Waals surface area contributed by atoms with Gasteiger partial charge in [-0.15, -0.1) is 10.2 Å². The molecule has 1 aromatic carbocycles. The number of unbranched alkanes of at least 4 members (excludes halogenated alkanes) is 4. The SMILES string of the molecule is Cc1c(OCCCCCCCN2CCC(n3nc(N)c4nnc(-c5ccccc5O)cc43)CC2)noc1C(C(=O)O)C(C)C. The quantitative estimate of drug-likeness (QED) is 0.154. The van der Waals surface area contributed by atoms with Gasteiger partial charge in [0, 0.05) is 18.7 Å². The standard InChI is InChI=1S/C32H43N7O5/c1-20(2)27(32(41)42)29-21(3)31(37-44-29)43-18-10-6-4-5-9-15-38-16-13-22(14-17-38)39-25-19-24(23-11-7-8-12-26(23)40)34-35-28(25)30(33)36-39/h7-8,11-12,19-20,22,27,40H,4-6,9-10,13-18H2,1-3H3,(H2,33,36)(H,41,42). The molecule has 44 heavy (non-hydrogen) atoms. The highest BCUT2D eigenvalue weighted by Gasteiger charge is 2.31. The van der Waals surface area contributed by atoms with Crippen molar-refractivity contribution in [2.24, 2.45) is 5.92 Å². The molecule has 4 N–H and O–H groups in total. The maximum absolute atomic E-state index is 11.6. The fourth-order valence-electron chi connectivity index (χ4n) is 6.04. The molecule has 0 radical (unpaired) electrons. The molecule has 0 amide bonds. The Morgan fingerprint density at radius 3 is 2.57 bits per heavy atom. The number of likely N-dealkylation sites (tertiary alicyclic amines) is 1. The Kier molecular flexibility index (Phi) is 9.99. The number of carboxylic acid groups (broad SMARTS) is 1. The van der Waals surface area contributed by atoms with Crippen molar-refractivity contribution in [2.75, 3.05) is 32.0 Å². The van der Waals surface area contributed by atoms with Crippen molar-refractivity contribution in [1.82, 2.24) is 30.0 Å². The second kappa shape index (κ2) is 14.1. The Balaban J connectivity index is 1.02. The van der Waals surface area contributed by atoms with Crippen molar-refractivity contribution >= 4 is 22.8 Å². The number of nitrogens with zero attached hydrogens (tertiary/aromatic N) is 6. The molecule has 12 nitrogen and oxygen atoms in total. The largest absolute Gasteiger partial charge is 0.507 e. The molecular formula is C32H43N7O5. The van der Waals surface area contributed by atoms with Gasteiger partial charge in [0.05, 0.1) is 29.4 Å². The van der Waals surface area contributed by atoms with E-state index in [1.165, 1.54) is 0 Å². The van der Waals surface area contributed by atoms with Crippen molar-refractivity contribution in [1.29, 1.82) is 0 Å². The van der Waals surface area contributed by atoms with Gasteiger partial charge < -0.3 is 30.1 Å². The van der Waals surface area contributed by atoms with E-state index in [9.17, 15) is 15.0 Å². The number of nitrogen functional groups attached to an aromatic ring is 1. The molecule has 1 atom stereocenters. The molecule has 1 unspecified atom stereocenters. The van der Waals surface area contributed by atoms with E-state index < -0.39 is 11.9 Å². The number of para-hydroxylation sites is 1. The molecule has 0 aliphatic carbocycles. The number of nitrogens with two attached hydrogens (primary N) is 1. The summed E-state index contributed by atoms with van der Waals surface area (Å²) in [5, 5.41) is 37.0. The van der Waals surface area contributed by atoms with Gasteiger partial charge in [-0.25, -0.2) is 0 Å². The molecule has 1 saturated heterocycles. The topological polar surface area (TPSA) is 166 Å². The highest BCUT2D eigenvalue weighted by Crippen LogP contribution is 2.34. The van der Waals surface area contributed by atoms with E-state index >= 15 is 0 Å². The van der Waals surface area contributed by atoms with Crippen LogP contribution in [-0.2, 0) is 4.79 Å². The van der Waals surface area contributed by atoms with Crippen molar-refractivity contribution in [3.05, 3.63) is 41.7 Å². The smallest absolute Gasteiger partial charge is 0.314 e. The van der Waals surface area contributed by atoms with Gasteiger partial charge in [0.1, 0.15) is 11.7 Å². The van der Waals surface area contributed by atoms with E-state index in [4.69, 9.17) is 15.0 Å². The second-order valence-corrected chi connectivity index (χ2v) is 12.0. The second-order valence-electron chi connectivity index (χ2n) is 12.0. The summed E-state index contributed by atoms with van der Waals surface area (Å²) in [6.07, 6.45) is 7.39. The molecule has 5 rings (SSSR count). The van der Waals surface area contributed by atoms with Gasteiger partial charge >= 0.3 is 5.97 Å². The number of fused-ring (bicyclic) bond motifs is 1. The number of anilines is 1. The summed E-state index contributed by atoms with van der Waals surface area (Å²) in [5.41, 5.74) is 9.53. The van der Waals surface area contributed by atoms with Gasteiger partial charge in [0.25, 0.3) is 5.88 Å². The first kappa shape index (κ1) is 31.2. The third kappa shape index (κ3) is 6.96. The summed E-state index contributed by atoms with van der Waals surface area (Å²) in [6, 6.07) is 9.26. The number of carboxylic acids is 1. The molecular weight excluding hydrogens is 562 g/mol. The van der Waals surface area contributed by atoms with Gasteiger partial charge in [-0.2, -0.15) is 5.10 Å². The Hall–Kier alpha value is -4.19. The van der Waals surface area contributed by atoms with Crippen LogP contribution in [0.15, 0.2) is 34.9 Å². The van der Waals surface area contributed by atoms with E-state index in [0.29, 0.717) is 46.4 Å². The van der Waals surface area contributed by atoms with Crippen molar-refractivity contribution < 1.29 is 24.3 Å². The van der Waals surface area contributed by atoms with Crippen LogP contribution in [0.5, 0.6) is 11.6 Å². The zero-order valence-electron chi connectivity index (χ0n) is 25.8. The fraction of sp³-hybridized carbons (Fsp3) is 0.531. The van der Waals surface area contributed by atoms with Crippen LogP contribution in [0, 0.1) is 12.8 Å². The van der Waals surface area contributed by atoms with Crippen molar-refractivity contribution in [3.63, 3.8) is 0 Å². The fourth-order valence-corrected chi connectivity index (χ4v) is 6.04. The number of rotatable bonds is 14. The lowest BCUT2D eigenvalue weighted by atomic mass is 9.91. The summed E-state index contributed by atoms with van der Waals surface area (Å²) >= 11 is 0. The lowest BCUT2D eigenvalue weighted by Crippen LogP contribution is -2.35. The highest BCUT2D eigenvalue weighted by molar-refractivity contribution is 5.87. The summed E-state index contributed by atoms with van der Waals surface area (Å²) < 4.78 is 13.1. The summed E-state index contributed by atoms with van der Waals surface area (Å²) in [6.45, 7) is 9.13. The van der Waals surface area contributed by atoms with E-state index in [1.54, 1.807) is 19.1 Å². The molecule has 1 aliphatic rings. The number of hydrogen-bond acceptors (Lipinski definition) is 10. The first-order valence-electron chi connectivity index (χ1n) is 15.6. The van der Waals surface area contributed by atoms with Crippen LogP contribution in [-0.4, -0.2) is 72.5 Å². The molecule has 12 heteroatoms. The normalized spacial score (nSPS) is 15.3. The minimum atomic E-state index is -0.914. The summed E-state index contributed by atoms with van der Waals surface area (Å²) in [5.74, 6) is -0.433. The van der Waals surface area contributed by atoms with E-state index in [1.807, 2.05) is 36.7 Å². The van der Waals surface area contributed by atoms with Crippen LogP contribution < -0.4 is 10.5 Å². The number of piperidine rings is 1. The average Bonchev–Trinajstić information content (AvgIpc) is 3.53. The number of aromatic hydroxyl groups is 1. The summed E-state index contributed by atoms with van der Waals surface area (Å²) in [7, 11) is 0. The predicted molar refractivity (Wildman–Crippen MR) is 167 cm³/mol. The lowest BCUT2D eigenvalue weighted by molar-refractivity contribution is -0.140. The van der Waals surface area contributed by atoms with Crippen LogP contribution in [0.25, 0.3) is 22.3 Å². The zero-order valence-corrected chi connectivity index (χ0v) is 25.8. The van der Waals surface area contributed by atoms with Crippen molar-refractivity contribution in [2.45, 2.75) is 77.7 Å².